The molecule has 0 fully saturated rings. The molecule has 14 aromatic rings. The van der Waals surface area contributed by atoms with Crippen molar-refractivity contribution >= 4 is 93.5 Å². The summed E-state index contributed by atoms with van der Waals surface area (Å²) in [5.74, 6) is 0. The predicted octanol–water partition coefficient (Wildman–Crippen LogP) is 18.2. The molecule has 0 N–H and O–H groups in total. The normalized spacial score (nSPS) is 11.8. The molecule has 0 radical (unpaired) electrons. The van der Waals surface area contributed by atoms with Gasteiger partial charge in [-0.2, -0.15) is 0 Å². The van der Waals surface area contributed by atoms with Gasteiger partial charge in [-0.05, 0) is 124 Å². The van der Waals surface area contributed by atoms with Crippen LogP contribution < -0.4 is 4.90 Å². The van der Waals surface area contributed by atoms with Gasteiger partial charge in [0.2, 0.25) is 0 Å². The Kier molecular flexibility index (Phi) is 8.55. The van der Waals surface area contributed by atoms with Crippen LogP contribution in [0.5, 0.6) is 0 Å². The zero-order chi connectivity index (χ0) is 44.7. The zero-order valence-electron chi connectivity index (χ0n) is 36.8. The number of aromatic nitrogens is 1. The first-order chi connectivity index (χ1) is 33.7. The van der Waals surface area contributed by atoms with E-state index in [1.165, 1.54) is 38.1 Å². The quantitative estimate of drug-likeness (QED) is 0.160. The van der Waals surface area contributed by atoms with Crippen LogP contribution in [0.3, 0.4) is 0 Å². The van der Waals surface area contributed by atoms with Crippen molar-refractivity contribution in [2.45, 2.75) is 0 Å². The SMILES string of the molecule is c1cc(-c2cccc3oc4ccccc4c23)cc(N(c2ccc(-c3ccc4ccccc4c3)cc2)c2ccc(-c3cccc(-n4c5ccccc5c5ccccc54)c3)c3oc4ccccc4c23)c1. The van der Waals surface area contributed by atoms with Gasteiger partial charge in [0.05, 0.1) is 22.1 Å². The Labute approximate surface area is 391 Å². The molecule has 0 unspecified atom stereocenters. The maximum Gasteiger partial charge on any atom is 0.145 e. The minimum absolute atomic E-state index is 0.839. The Bertz CT molecular complexity index is 4230. The molecule has 318 valence electrons. The van der Waals surface area contributed by atoms with E-state index in [2.05, 4.69) is 240 Å². The lowest BCUT2D eigenvalue weighted by Gasteiger charge is -2.27. The van der Waals surface area contributed by atoms with Gasteiger partial charge in [0.15, 0.2) is 0 Å². The molecule has 0 amide bonds. The highest BCUT2D eigenvalue weighted by Crippen LogP contribution is 2.48. The number of nitrogens with zero attached hydrogens (tertiary/aromatic N) is 2. The summed E-state index contributed by atoms with van der Waals surface area (Å²) in [6.45, 7) is 0. The standard InChI is InChI=1S/C64H40N2O2/c1-2-15-43-38-44(31-30-41(43)14-1)42-32-34-47(35-33-42)65(48-18-11-16-45(39-48)50-24-13-29-61-62(50)54-22-5-9-27-59(54)67-61)58-37-36-51(64-63(58)55-23-6-10-28-60(55)68-64)46-17-12-19-49(40-46)66-56-25-7-3-20-52(56)53-21-4-8-26-57(53)66/h1-40H. The monoisotopic (exact) mass is 868 g/mol. The molecule has 3 heterocycles. The molecule has 0 aliphatic rings. The van der Waals surface area contributed by atoms with E-state index in [0.29, 0.717) is 0 Å². The van der Waals surface area contributed by atoms with E-state index in [-0.39, 0.29) is 0 Å². The van der Waals surface area contributed by atoms with E-state index < -0.39 is 0 Å². The van der Waals surface area contributed by atoms with E-state index in [0.717, 1.165) is 94.4 Å². The Morgan fingerprint density at radius 1 is 0.324 bits per heavy atom. The fourth-order valence-electron chi connectivity index (χ4n) is 10.7. The maximum atomic E-state index is 7.01. The Hall–Kier alpha value is -9.12. The van der Waals surface area contributed by atoms with Crippen molar-refractivity contribution in [2.75, 3.05) is 4.90 Å². The largest absolute Gasteiger partial charge is 0.456 e. The van der Waals surface area contributed by atoms with Gasteiger partial charge in [0.25, 0.3) is 0 Å². The highest BCUT2D eigenvalue weighted by atomic mass is 16.3. The molecule has 0 spiro atoms. The van der Waals surface area contributed by atoms with Gasteiger partial charge in [-0.25, -0.2) is 0 Å². The first kappa shape index (κ1) is 38.2. The fraction of sp³-hybridized carbons (Fsp3) is 0. The molecule has 0 saturated carbocycles. The van der Waals surface area contributed by atoms with Crippen molar-refractivity contribution in [2.24, 2.45) is 0 Å². The number of fused-ring (bicyclic) bond motifs is 10. The Balaban J connectivity index is 0.972. The lowest BCUT2D eigenvalue weighted by atomic mass is 9.97. The summed E-state index contributed by atoms with van der Waals surface area (Å²) in [5.41, 5.74) is 16.6. The van der Waals surface area contributed by atoms with Crippen molar-refractivity contribution in [3.8, 4) is 39.1 Å². The first-order valence-electron chi connectivity index (χ1n) is 23.2. The van der Waals surface area contributed by atoms with E-state index in [4.69, 9.17) is 8.83 Å². The van der Waals surface area contributed by atoms with Crippen LogP contribution in [0, 0.1) is 0 Å². The molecule has 68 heavy (non-hydrogen) atoms. The zero-order valence-corrected chi connectivity index (χ0v) is 36.8. The predicted molar refractivity (Wildman–Crippen MR) is 284 cm³/mol. The minimum atomic E-state index is 0.839. The van der Waals surface area contributed by atoms with Gasteiger partial charge >= 0.3 is 0 Å². The van der Waals surface area contributed by atoms with Gasteiger partial charge in [0, 0.05) is 49.6 Å². The third-order valence-electron chi connectivity index (χ3n) is 13.8. The van der Waals surface area contributed by atoms with Crippen molar-refractivity contribution in [3.05, 3.63) is 243 Å². The van der Waals surface area contributed by atoms with Crippen LogP contribution in [0.2, 0.25) is 0 Å². The second-order valence-electron chi connectivity index (χ2n) is 17.6. The van der Waals surface area contributed by atoms with Gasteiger partial charge in [-0.3, -0.25) is 0 Å². The minimum Gasteiger partial charge on any atom is -0.456 e. The number of hydrogen-bond acceptors (Lipinski definition) is 3. The summed E-state index contributed by atoms with van der Waals surface area (Å²) in [6.07, 6.45) is 0. The van der Waals surface area contributed by atoms with E-state index >= 15 is 0 Å². The average Bonchev–Trinajstić information content (AvgIpc) is 4.09. The number of hydrogen-bond donors (Lipinski definition) is 0. The Morgan fingerprint density at radius 2 is 0.926 bits per heavy atom. The molecule has 4 heteroatoms. The van der Waals surface area contributed by atoms with Crippen molar-refractivity contribution in [1.82, 2.24) is 4.57 Å². The van der Waals surface area contributed by atoms with Crippen LogP contribution >= 0.6 is 0 Å². The molecule has 0 atom stereocenters. The third kappa shape index (κ3) is 6.01. The smallest absolute Gasteiger partial charge is 0.145 e. The number of para-hydroxylation sites is 4. The van der Waals surface area contributed by atoms with Crippen molar-refractivity contribution in [1.29, 1.82) is 0 Å². The molecule has 4 nitrogen and oxygen atoms in total. The molecule has 0 aliphatic carbocycles. The van der Waals surface area contributed by atoms with Crippen LogP contribution in [-0.4, -0.2) is 4.57 Å². The third-order valence-corrected chi connectivity index (χ3v) is 13.8. The molecular formula is C64H40N2O2. The summed E-state index contributed by atoms with van der Waals surface area (Å²) >= 11 is 0. The molecule has 14 rings (SSSR count). The summed E-state index contributed by atoms with van der Waals surface area (Å²) in [7, 11) is 0. The molecule has 0 bridgehead atoms. The number of rotatable bonds is 7. The summed E-state index contributed by atoms with van der Waals surface area (Å²) in [4.78, 5) is 2.39. The van der Waals surface area contributed by atoms with Gasteiger partial charge in [0.1, 0.15) is 22.3 Å². The maximum absolute atomic E-state index is 7.01. The van der Waals surface area contributed by atoms with Crippen molar-refractivity contribution in [3.63, 3.8) is 0 Å². The van der Waals surface area contributed by atoms with Crippen LogP contribution in [0.1, 0.15) is 0 Å². The topological polar surface area (TPSA) is 34.5 Å². The van der Waals surface area contributed by atoms with Gasteiger partial charge in [-0.1, -0.05) is 158 Å². The van der Waals surface area contributed by atoms with Crippen LogP contribution in [-0.2, 0) is 0 Å². The molecule has 0 aliphatic heterocycles. The molecule has 11 aromatic carbocycles. The fourth-order valence-corrected chi connectivity index (χ4v) is 10.7. The number of furan rings is 2. The lowest BCUT2D eigenvalue weighted by molar-refractivity contribution is 0.669. The second-order valence-corrected chi connectivity index (χ2v) is 17.6. The molecule has 0 saturated heterocycles. The highest BCUT2D eigenvalue weighted by molar-refractivity contribution is 6.18. The first-order valence-corrected chi connectivity index (χ1v) is 23.2. The van der Waals surface area contributed by atoms with E-state index in [1.807, 2.05) is 12.1 Å². The molecular weight excluding hydrogens is 829 g/mol. The second kappa shape index (κ2) is 15.2. The highest BCUT2D eigenvalue weighted by Gasteiger charge is 2.24. The lowest BCUT2D eigenvalue weighted by Crippen LogP contribution is -2.10. The summed E-state index contributed by atoms with van der Waals surface area (Å²) in [6, 6.07) is 86.9. The van der Waals surface area contributed by atoms with Crippen LogP contribution in [0.25, 0.3) is 116 Å². The number of anilines is 3. The molecule has 3 aromatic heterocycles. The number of benzene rings is 11. The summed E-state index contributed by atoms with van der Waals surface area (Å²) in [5, 5.41) is 9.26. The average molecular weight is 869 g/mol. The van der Waals surface area contributed by atoms with Gasteiger partial charge < -0.3 is 18.3 Å². The van der Waals surface area contributed by atoms with Crippen LogP contribution in [0.15, 0.2) is 251 Å². The Morgan fingerprint density at radius 3 is 1.71 bits per heavy atom. The van der Waals surface area contributed by atoms with E-state index in [9.17, 15) is 0 Å². The summed E-state index contributed by atoms with van der Waals surface area (Å²) < 4.78 is 15.8. The van der Waals surface area contributed by atoms with Crippen LogP contribution in [0.4, 0.5) is 17.1 Å². The van der Waals surface area contributed by atoms with Gasteiger partial charge in [-0.15, -0.1) is 0 Å². The van der Waals surface area contributed by atoms with E-state index in [1.54, 1.807) is 0 Å². The van der Waals surface area contributed by atoms with Crippen molar-refractivity contribution < 1.29 is 8.83 Å².